The highest BCUT2D eigenvalue weighted by molar-refractivity contribution is 7.80. The van der Waals surface area contributed by atoms with Gasteiger partial charge in [0, 0.05) is 6.54 Å². The van der Waals surface area contributed by atoms with E-state index in [1.165, 1.54) is 0 Å². The highest BCUT2D eigenvalue weighted by Crippen LogP contribution is 2.30. The van der Waals surface area contributed by atoms with Crippen molar-refractivity contribution in [3.8, 4) is 0 Å². The lowest BCUT2D eigenvalue weighted by molar-refractivity contribution is -0.152. The second kappa shape index (κ2) is 6.18. The number of alkyl halides is 3. The first-order chi connectivity index (χ1) is 10.9. The number of amidine groups is 1. The largest absolute Gasteiger partial charge is 0.418 e. The van der Waals surface area contributed by atoms with Gasteiger partial charge in [-0.05, 0) is 12.8 Å². The molecule has 2 rings (SSSR count). The number of halogens is 3. The summed E-state index contributed by atoms with van der Waals surface area (Å²) in [5, 5.41) is 9.90. The molecule has 0 spiro atoms. The van der Waals surface area contributed by atoms with Crippen LogP contribution in [0, 0.1) is 5.41 Å². The van der Waals surface area contributed by atoms with Crippen molar-refractivity contribution in [1.29, 1.82) is 5.41 Å². The van der Waals surface area contributed by atoms with Crippen molar-refractivity contribution in [2.75, 3.05) is 6.54 Å². The highest BCUT2D eigenvalue weighted by Gasteiger charge is 2.48. The molecule has 2 fully saturated rings. The predicted octanol–water partition coefficient (Wildman–Crippen LogP) is 0.0353. The molecule has 2 atom stereocenters. The van der Waals surface area contributed by atoms with Gasteiger partial charge in [0.25, 0.3) is 0 Å². The van der Waals surface area contributed by atoms with E-state index in [4.69, 9.17) is 9.96 Å². The van der Waals surface area contributed by atoms with Crippen LogP contribution >= 0.6 is 0 Å². The van der Waals surface area contributed by atoms with Crippen LogP contribution in [0.25, 0.3) is 0 Å². The van der Waals surface area contributed by atoms with Crippen molar-refractivity contribution in [3.63, 3.8) is 0 Å². The van der Waals surface area contributed by atoms with Gasteiger partial charge in [-0.3, -0.25) is 14.8 Å². The van der Waals surface area contributed by atoms with Crippen molar-refractivity contribution >= 4 is 28.2 Å². The third-order valence-corrected chi connectivity index (χ3v) is 3.81. The van der Waals surface area contributed by atoms with Gasteiger partial charge >= 0.3 is 22.6 Å². The van der Waals surface area contributed by atoms with E-state index < -0.39 is 52.9 Å². The summed E-state index contributed by atoms with van der Waals surface area (Å²) in [5.41, 5.74) is 0. The molecule has 0 unspecified atom stereocenters. The highest BCUT2D eigenvalue weighted by atomic mass is 32.3. The lowest BCUT2D eigenvalue weighted by Crippen LogP contribution is -2.51. The molecule has 2 bridgehead atoms. The van der Waals surface area contributed by atoms with Gasteiger partial charge in [0.05, 0.1) is 12.1 Å². The van der Waals surface area contributed by atoms with E-state index in [0.29, 0.717) is 5.06 Å². The molecule has 14 heteroatoms. The average Bonchev–Trinajstić information content (AvgIpc) is 2.60. The number of hydrogen-bond donors (Lipinski definition) is 3. The molecule has 3 N–H and O–H groups in total. The zero-order chi connectivity index (χ0) is 18.3. The maximum absolute atomic E-state index is 12.1. The summed E-state index contributed by atoms with van der Waals surface area (Å²) >= 11 is 0. The molecule has 0 aliphatic carbocycles. The Morgan fingerprint density at radius 1 is 1.42 bits per heavy atom. The van der Waals surface area contributed by atoms with E-state index >= 15 is 0 Å². The van der Waals surface area contributed by atoms with Crippen LogP contribution in [0.5, 0.6) is 0 Å². The molecule has 2 saturated heterocycles. The Kier molecular flexibility index (Phi) is 4.74. The van der Waals surface area contributed by atoms with E-state index in [1.807, 2.05) is 0 Å². The van der Waals surface area contributed by atoms with Gasteiger partial charge in [0.15, 0.2) is 0 Å². The molecular weight excluding hydrogens is 361 g/mol. The third kappa shape index (κ3) is 4.33. The van der Waals surface area contributed by atoms with Crippen LogP contribution in [0.1, 0.15) is 19.3 Å². The van der Waals surface area contributed by atoms with Crippen LogP contribution in [-0.4, -0.2) is 65.5 Å². The maximum atomic E-state index is 12.1. The van der Waals surface area contributed by atoms with E-state index in [1.54, 1.807) is 5.32 Å². The molecule has 2 heterocycles. The summed E-state index contributed by atoms with van der Waals surface area (Å²) in [6.45, 7) is -0.0590. The maximum Gasteiger partial charge on any atom is 0.418 e. The first kappa shape index (κ1) is 18.4. The molecule has 0 aromatic heterocycles. The number of nitrogens with one attached hydrogen (secondary N) is 2. The number of amides is 3. The van der Waals surface area contributed by atoms with E-state index in [-0.39, 0.29) is 19.4 Å². The smallest absolute Gasteiger partial charge is 0.313 e. The van der Waals surface area contributed by atoms with Crippen LogP contribution in [-0.2, 0) is 19.5 Å². The summed E-state index contributed by atoms with van der Waals surface area (Å²) < 4.78 is 70.6. The summed E-state index contributed by atoms with van der Waals surface area (Å²) in [4.78, 5) is 24.3. The quantitative estimate of drug-likeness (QED) is 0.360. The number of hydrogen-bond acceptors (Lipinski definition) is 6. The van der Waals surface area contributed by atoms with Crippen LogP contribution in [0.4, 0.5) is 18.0 Å². The molecule has 2 aliphatic rings. The SMILES string of the molecule is N=C(NC(=O)CC(F)(F)F)[C@@H]1CC[C@@H]2CN1C(=O)N2OS(=O)(=O)O. The molecule has 0 aromatic carbocycles. The number of hydroxylamine groups is 2. The molecule has 0 aromatic rings. The minimum absolute atomic E-state index is 0.0590. The molecular formula is C10H13F3N4O6S. The average molecular weight is 374 g/mol. The van der Waals surface area contributed by atoms with Gasteiger partial charge in [0.2, 0.25) is 5.91 Å². The number of urea groups is 1. The van der Waals surface area contributed by atoms with Crippen molar-refractivity contribution in [3.05, 3.63) is 0 Å². The van der Waals surface area contributed by atoms with Crippen LogP contribution in [0.2, 0.25) is 0 Å². The first-order valence-corrected chi connectivity index (χ1v) is 7.96. The van der Waals surface area contributed by atoms with E-state index in [0.717, 1.165) is 4.90 Å². The molecule has 24 heavy (non-hydrogen) atoms. The lowest BCUT2D eigenvalue weighted by Gasteiger charge is -2.30. The number of nitrogens with zero attached hydrogens (tertiary/aromatic N) is 2. The van der Waals surface area contributed by atoms with Crippen LogP contribution < -0.4 is 5.32 Å². The fourth-order valence-electron chi connectivity index (χ4n) is 2.59. The number of fused-ring (bicyclic) bond motifs is 2. The normalized spacial score (nSPS) is 24.2. The Morgan fingerprint density at radius 2 is 2.04 bits per heavy atom. The minimum Gasteiger partial charge on any atom is -0.313 e. The summed E-state index contributed by atoms with van der Waals surface area (Å²) in [7, 11) is -4.93. The molecule has 10 nitrogen and oxygen atoms in total. The van der Waals surface area contributed by atoms with Gasteiger partial charge in [-0.25, -0.2) is 4.79 Å². The van der Waals surface area contributed by atoms with Gasteiger partial charge in [0.1, 0.15) is 12.3 Å². The van der Waals surface area contributed by atoms with Crippen LogP contribution in [0.3, 0.4) is 0 Å². The Labute approximate surface area is 133 Å². The fraction of sp³-hybridized carbons (Fsp3) is 0.700. The fourth-order valence-corrected chi connectivity index (χ4v) is 2.98. The lowest BCUT2D eigenvalue weighted by atomic mass is 10.00. The number of carbonyl (C=O) groups excluding carboxylic acids is 2. The zero-order valence-corrected chi connectivity index (χ0v) is 12.7. The molecule has 0 saturated carbocycles. The summed E-state index contributed by atoms with van der Waals surface area (Å²) in [5.74, 6) is -2.04. The van der Waals surface area contributed by atoms with Gasteiger partial charge in [-0.1, -0.05) is 0 Å². The first-order valence-electron chi connectivity index (χ1n) is 6.59. The standard InChI is InChI=1S/C10H13F3N4O6S/c11-10(12,13)3-7(18)15-8(14)6-2-1-5-4-16(6)9(19)17(5)23-24(20,21)22/h5-6H,1-4H2,(H2,14,15,18)(H,20,21,22)/t5-,6+/m1/s1. The van der Waals surface area contributed by atoms with Crippen molar-refractivity contribution < 1.29 is 40.0 Å². The van der Waals surface area contributed by atoms with Crippen LogP contribution in [0.15, 0.2) is 0 Å². The Balaban J connectivity index is 2.03. The second-order valence-corrected chi connectivity index (χ2v) is 6.27. The molecule has 3 amide bonds. The molecule has 136 valence electrons. The van der Waals surface area contributed by atoms with Gasteiger partial charge < -0.3 is 10.2 Å². The Bertz CT molecular complexity index is 666. The number of carbonyl (C=O) groups is 2. The predicted molar refractivity (Wildman–Crippen MR) is 69.9 cm³/mol. The van der Waals surface area contributed by atoms with E-state index in [9.17, 15) is 31.2 Å². The van der Waals surface area contributed by atoms with Crippen molar-refractivity contribution in [1.82, 2.24) is 15.3 Å². The Hall–Kier alpha value is -1.93. The third-order valence-electron chi connectivity index (χ3n) is 3.47. The second-order valence-electron chi connectivity index (χ2n) is 5.26. The summed E-state index contributed by atoms with van der Waals surface area (Å²) in [6.07, 6.45) is -6.23. The van der Waals surface area contributed by atoms with Gasteiger partial charge in [-0.2, -0.15) is 26.7 Å². The van der Waals surface area contributed by atoms with Crippen molar-refractivity contribution in [2.45, 2.75) is 37.5 Å². The molecule has 0 radical (unpaired) electrons. The topological polar surface area (TPSA) is 140 Å². The minimum atomic E-state index is -4.93. The number of piperidine rings is 1. The van der Waals surface area contributed by atoms with Crippen molar-refractivity contribution in [2.24, 2.45) is 0 Å². The summed E-state index contributed by atoms with van der Waals surface area (Å²) in [6, 6.07) is -2.70. The number of rotatable bonds is 4. The van der Waals surface area contributed by atoms with E-state index in [2.05, 4.69) is 4.28 Å². The zero-order valence-electron chi connectivity index (χ0n) is 11.9. The Morgan fingerprint density at radius 3 is 2.58 bits per heavy atom. The van der Waals surface area contributed by atoms with Gasteiger partial charge in [-0.15, -0.1) is 4.28 Å². The monoisotopic (exact) mass is 374 g/mol. The molecule has 2 aliphatic heterocycles.